The molecule has 2 N–H and O–H groups in total. The first-order chi connectivity index (χ1) is 18.3. The molecule has 0 unspecified atom stereocenters. The Hall–Kier alpha value is -3.14. The highest BCUT2D eigenvalue weighted by Crippen LogP contribution is 2.48. The first-order valence-electron chi connectivity index (χ1n) is 12.6. The molecule has 0 bridgehead atoms. The Balaban J connectivity index is 1.67. The molecule has 0 radical (unpaired) electrons. The third-order valence-corrected chi connectivity index (χ3v) is 8.77. The van der Waals surface area contributed by atoms with Gasteiger partial charge in [0.15, 0.2) is 5.11 Å². The van der Waals surface area contributed by atoms with Gasteiger partial charge in [0.25, 0.3) is 0 Å². The zero-order valence-corrected chi connectivity index (χ0v) is 25.2. The van der Waals surface area contributed by atoms with Gasteiger partial charge in [0.2, 0.25) is 10.0 Å². The Morgan fingerprint density at radius 1 is 1.13 bits per heavy atom. The summed E-state index contributed by atoms with van der Waals surface area (Å²) in [6.45, 7) is 8.37. The van der Waals surface area contributed by atoms with Crippen molar-refractivity contribution in [2.45, 2.75) is 45.3 Å². The predicted octanol–water partition coefficient (Wildman–Crippen LogP) is 6.22. The molecule has 39 heavy (non-hydrogen) atoms. The number of sulfonamides is 1. The molecule has 7 nitrogen and oxygen atoms in total. The topological polar surface area (TPSA) is 77.6 Å². The summed E-state index contributed by atoms with van der Waals surface area (Å²) in [5, 5.41) is 4.66. The van der Waals surface area contributed by atoms with Crippen LogP contribution in [0.25, 0.3) is 5.57 Å². The standard InChI is InChI=1S/C29H32ClN5O2S2/c1-17-13-19(10-11-23(17)33-39(6,36)37)35-27(26(32-28(35)38)24-9-7-8-12-31-24)21-14-20-18(2)16-29(3,4)34(5)25(20)15-22(21)30/h7-16,26-27,33H,1-6H3,(H,32,38)/t26-,27+/m0/s1. The van der Waals surface area contributed by atoms with Crippen LogP contribution in [0.5, 0.6) is 0 Å². The van der Waals surface area contributed by atoms with E-state index < -0.39 is 10.0 Å². The van der Waals surface area contributed by atoms with Crippen LogP contribution in [0.15, 0.2) is 60.8 Å². The molecule has 1 aromatic heterocycles. The number of hydrogen-bond acceptors (Lipinski definition) is 5. The molecule has 10 heteroatoms. The minimum absolute atomic E-state index is 0.139. The zero-order valence-electron chi connectivity index (χ0n) is 22.8. The second-order valence-corrected chi connectivity index (χ2v) is 13.3. The molecule has 0 saturated carbocycles. The number of likely N-dealkylation sites (N-methyl/N-ethyl adjacent to an activating group) is 1. The van der Waals surface area contributed by atoms with Crippen molar-refractivity contribution in [2.24, 2.45) is 0 Å². The molecule has 2 aliphatic rings. The number of allylic oxidation sites excluding steroid dienone is 1. The average molecular weight is 582 g/mol. The highest BCUT2D eigenvalue weighted by Gasteiger charge is 2.42. The third kappa shape index (κ3) is 5.11. The number of pyridine rings is 1. The van der Waals surface area contributed by atoms with E-state index >= 15 is 0 Å². The quantitative estimate of drug-likeness (QED) is 0.346. The normalized spacial score (nSPS) is 20.4. The van der Waals surface area contributed by atoms with Crippen LogP contribution in [0, 0.1) is 6.92 Å². The first kappa shape index (κ1) is 27.4. The second kappa shape index (κ2) is 9.80. The van der Waals surface area contributed by atoms with Crippen molar-refractivity contribution in [3.63, 3.8) is 0 Å². The Labute approximate surface area is 240 Å². The van der Waals surface area contributed by atoms with E-state index in [1.54, 1.807) is 12.3 Å². The van der Waals surface area contributed by atoms with Crippen LogP contribution in [0.1, 0.15) is 55.2 Å². The van der Waals surface area contributed by atoms with Gasteiger partial charge >= 0.3 is 0 Å². The van der Waals surface area contributed by atoms with Crippen LogP contribution >= 0.6 is 23.8 Å². The molecule has 0 spiro atoms. The summed E-state index contributed by atoms with van der Waals surface area (Å²) in [5.41, 5.74) is 7.15. The summed E-state index contributed by atoms with van der Waals surface area (Å²) in [5.74, 6) is 0. The molecule has 3 aromatic rings. The number of aromatic nitrogens is 1. The van der Waals surface area contributed by atoms with E-state index in [1.165, 1.54) is 5.57 Å². The minimum Gasteiger partial charge on any atom is -0.365 e. The van der Waals surface area contributed by atoms with Crippen molar-refractivity contribution in [3.05, 3.63) is 88.2 Å². The van der Waals surface area contributed by atoms with Gasteiger partial charge in [0.05, 0.1) is 35.3 Å². The highest BCUT2D eigenvalue weighted by molar-refractivity contribution is 7.92. The number of hydrogen-bond donors (Lipinski definition) is 2. The lowest BCUT2D eigenvalue weighted by molar-refractivity contribution is 0.567. The van der Waals surface area contributed by atoms with Gasteiger partial charge in [-0.1, -0.05) is 23.7 Å². The van der Waals surface area contributed by atoms with Gasteiger partial charge in [-0.15, -0.1) is 0 Å². The molecule has 2 aromatic carbocycles. The minimum atomic E-state index is -3.41. The van der Waals surface area contributed by atoms with E-state index in [0.29, 0.717) is 15.8 Å². The van der Waals surface area contributed by atoms with E-state index in [4.69, 9.17) is 23.8 Å². The fourth-order valence-electron chi connectivity index (χ4n) is 5.48. The van der Waals surface area contributed by atoms with Crippen LogP contribution in [0.3, 0.4) is 0 Å². The van der Waals surface area contributed by atoms with Crippen molar-refractivity contribution in [1.29, 1.82) is 0 Å². The van der Waals surface area contributed by atoms with Crippen molar-refractivity contribution in [2.75, 3.05) is 27.8 Å². The number of anilines is 3. The molecule has 2 aliphatic heterocycles. The fraction of sp³-hybridized carbons (Fsp3) is 0.310. The number of fused-ring (bicyclic) bond motifs is 1. The third-order valence-electron chi connectivity index (χ3n) is 7.54. The van der Waals surface area contributed by atoms with Crippen molar-refractivity contribution >= 4 is 61.6 Å². The van der Waals surface area contributed by atoms with Gasteiger partial charge in [-0.05, 0) is 99.1 Å². The molecular weight excluding hydrogens is 550 g/mol. The van der Waals surface area contributed by atoms with Crippen LogP contribution in [0.4, 0.5) is 17.1 Å². The van der Waals surface area contributed by atoms with Crippen LogP contribution < -0.4 is 19.8 Å². The summed E-state index contributed by atoms with van der Waals surface area (Å²) >= 11 is 13.0. The Kier molecular flexibility index (Phi) is 6.89. The predicted molar refractivity (Wildman–Crippen MR) is 165 cm³/mol. The molecule has 204 valence electrons. The lowest BCUT2D eigenvalue weighted by Gasteiger charge is -2.41. The molecular formula is C29H32ClN5O2S2. The van der Waals surface area contributed by atoms with E-state index in [9.17, 15) is 8.42 Å². The Bertz CT molecular complexity index is 1610. The SMILES string of the molecule is CC1=CC(C)(C)N(C)c2cc(Cl)c([C@@H]3[C@H](c4ccccn4)NC(=S)N3c3ccc(NS(C)(=O)=O)c(C)c3)cc21. The maximum atomic E-state index is 11.8. The van der Waals surface area contributed by atoms with Gasteiger partial charge in [-0.25, -0.2) is 8.42 Å². The maximum absolute atomic E-state index is 11.8. The number of aryl methyl sites for hydroxylation is 1. The lowest BCUT2D eigenvalue weighted by Crippen LogP contribution is -2.42. The van der Waals surface area contributed by atoms with Crippen LogP contribution in [-0.2, 0) is 10.0 Å². The molecule has 1 fully saturated rings. The Morgan fingerprint density at radius 3 is 2.51 bits per heavy atom. The van der Waals surface area contributed by atoms with Crippen molar-refractivity contribution in [3.8, 4) is 0 Å². The molecule has 1 saturated heterocycles. The molecule has 0 amide bonds. The summed E-state index contributed by atoms with van der Waals surface area (Å²) in [6, 6.07) is 15.1. The summed E-state index contributed by atoms with van der Waals surface area (Å²) in [6.07, 6.45) is 5.18. The van der Waals surface area contributed by atoms with E-state index in [2.05, 4.69) is 64.8 Å². The van der Waals surface area contributed by atoms with Gasteiger partial charge in [0, 0.05) is 35.2 Å². The summed E-state index contributed by atoms with van der Waals surface area (Å²) in [4.78, 5) is 8.94. The number of rotatable bonds is 5. The zero-order chi connectivity index (χ0) is 28.3. The Morgan fingerprint density at radius 2 is 1.87 bits per heavy atom. The van der Waals surface area contributed by atoms with Crippen molar-refractivity contribution in [1.82, 2.24) is 10.3 Å². The number of halogens is 1. The van der Waals surface area contributed by atoms with E-state index in [1.807, 2.05) is 43.3 Å². The van der Waals surface area contributed by atoms with Gasteiger partial charge < -0.3 is 15.1 Å². The molecule has 0 aliphatic carbocycles. The first-order valence-corrected chi connectivity index (χ1v) is 15.3. The number of benzene rings is 2. The van der Waals surface area contributed by atoms with Crippen molar-refractivity contribution < 1.29 is 8.42 Å². The van der Waals surface area contributed by atoms with Gasteiger partial charge in [-0.2, -0.15) is 0 Å². The van der Waals surface area contributed by atoms with E-state index in [0.717, 1.165) is 40.0 Å². The number of nitrogens with zero attached hydrogens (tertiary/aromatic N) is 3. The second-order valence-electron chi connectivity index (χ2n) is 10.8. The van der Waals surface area contributed by atoms with E-state index in [-0.39, 0.29) is 17.6 Å². The number of thiocarbonyl (C=S) groups is 1. The van der Waals surface area contributed by atoms with Gasteiger partial charge in [-0.3, -0.25) is 9.71 Å². The average Bonchev–Trinajstić information content (AvgIpc) is 3.20. The smallest absolute Gasteiger partial charge is 0.229 e. The molecule has 5 rings (SSSR count). The maximum Gasteiger partial charge on any atom is 0.229 e. The largest absolute Gasteiger partial charge is 0.365 e. The van der Waals surface area contributed by atoms with Crippen LogP contribution in [-0.4, -0.2) is 37.4 Å². The fourth-order valence-corrected chi connectivity index (χ4v) is 6.72. The summed E-state index contributed by atoms with van der Waals surface area (Å²) < 4.78 is 26.3. The lowest BCUT2D eigenvalue weighted by atomic mass is 9.86. The summed E-state index contributed by atoms with van der Waals surface area (Å²) in [7, 11) is -1.32. The monoisotopic (exact) mass is 581 g/mol. The molecule has 3 heterocycles. The van der Waals surface area contributed by atoms with Crippen LogP contribution in [0.2, 0.25) is 5.02 Å². The highest BCUT2D eigenvalue weighted by atomic mass is 35.5. The molecule has 2 atom stereocenters. The van der Waals surface area contributed by atoms with Gasteiger partial charge in [0.1, 0.15) is 0 Å². The number of nitrogens with one attached hydrogen (secondary N) is 2.